The molecule has 1 aromatic heterocycles. The van der Waals surface area contributed by atoms with Gasteiger partial charge in [0.1, 0.15) is 0 Å². The Bertz CT molecular complexity index is 621. The molecule has 0 radical (unpaired) electrons. The molecule has 0 amide bonds. The van der Waals surface area contributed by atoms with Gasteiger partial charge in [-0.15, -0.1) is 6.58 Å². The maximum absolute atomic E-state index is 11.9. The molecule has 1 N–H and O–H groups in total. The number of benzene rings is 1. The van der Waals surface area contributed by atoms with Crippen LogP contribution in [0.2, 0.25) is 0 Å². The van der Waals surface area contributed by atoms with Crippen molar-refractivity contribution in [2.75, 3.05) is 0 Å². The minimum Gasteiger partial charge on any atom is -0.306 e. The summed E-state index contributed by atoms with van der Waals surface area (Å²) in [6, 6.07) is 6.13. The fourth-order valence-electron chi connectivity index (χ4n) is 2.83. The van der Waals surface area contributed by atoms with Gasteiger partial charge >= 0.3 is 5.69 Å². The summed E-state index contributed by atoms with van der Waals surface area (Å²) in [5.74, 6) is 0.609. The first-order valence-electron chi connectivity index (χ1n) is 6.11. The lowest BCUT2D eigenvalue weighted by molar-refractivity contribution is 0.461. The molecule has 17 heavy (non-hydrogen) atoms. The third-order valence-corrected chi connectivity index (χ3v) is 3.65. The molecular formula is C14H16N2O. The van der Waals surface area contributed by atoms with E-state index in [-0.39, 0.29) is 5.69 Å². The molecular weight excluding hydrogens is 212 g/mol. The minimum absolute atomic E-state index is 0.0201. The number of imidazole rings is 1. The molecule has 1 unspecified atom stereocenters. The van der Waals surface area contributed by atoms with E-state index < -0.39 is 0 Å². The Morgan fingerprint density at radius 3 is 3.24 bits per heavy atom. The van der Waals surface area contributed by atoms with E-state index in [0.717, 1.165) is 36.8 Å². The third-order valence-electron chi connectivity index (χ3n) is 3.65. The molecule has 1 atom stereocenters. The van der Waals surface area contributed by atoms with Gasteiger partial charge in [-0.1, -0.05) is 18.2 Å². The number of nitrogens with zero attached hydrogens (tertiary/aromatic N) is 1. The number of aromatic amines is 1. The molecule has 1 aliphatic rings. The van der Waals surface area contributed by atoms with E-state index in [1.54, 1.807) is 0 Å². The molecule has 3 rings (SSSR count). The highest BCUT2D eigenvalue weighted by Gasteiger charge is 2.19. The summed E-state index contributed by atoms with van der Waals surface area (Å²) >= 11 is 0. The van der Waals surface area contributed by atoms with E-state index in [2.05, 4.69) is 17.6 Å². The number of aromatic nitrogens is 2. The van der Waals surface area contributed by atoms with E-state index in [1.807, 2.05) is 22.8 Å². The van der Waals surface area contributed by atoms with Crippen LogP contribution in [0.3, 0.4) is 0 Å². The fourth-order valence-corrected chi connectivity index (χ4v) is 2.83. The Kier molecular flexibility index (Phi) is 2.39. The van der Waals surface area contributed by atoms with Crippen molar-refractivity contribution in [2.24, 2.45) is 5.92 Å². The summed E-state index contributed by atoms with van der Waals surface area (Å²) in [7, 11) is 0. The van der Waals surface area contributed by atoms with E-state index in [0.29, 0.717) is 5.92 Å². The van der Waals surface area contributed by atoms with Crippen molar-refractivity contribution in [3.63, 3.8) is 0 Å². The van der Waals surface area contributed by atoms with Gasteiger partial charge in [0.05, 0.1) is 11.0 Å². The lowest BCUT2D eigenvalue weighted by Crippen LogP contribution is -2.17. The van der Waals surface area contributed by atoms with Crippen LogP contribution in [-0.2, 0) is 13.0 Å². The largest absolute Gasteiger partial charge is 0.326 e. The number of hydrogen-bond acceptors (Lipinski definition) is 1. The summed E-state index contributed by atoms with van der Waals surface area (Å²) in [5, 5.41) is 0. The quantitative estimate of drug-likeness (QED) is 0.788. The summed E-state index contributed by atoms with van der Waals surface area (Å²) in [6.07, 6.45) is 5.10. The van der Waals surface area contributed by atoms with Crippen molar-refractivity contribution >= 4 is 11.0 Å². The van der Waals surface area contributed by atoms with E-state index in [1.165, 1.54) is 5.56 Å². The minimum atomic E-state index is 0.0201. The first-order chi connectivity index (χ1) is 8.29. The zero-order valence-corrected chi connectivity index (χ0v) is 9.78. The number of nitrogens with one attached hydrogen (secondary N) is 1. The molecule has 0 spiro atoms. The second-order valence-corrected chi connectivity index (χ2v) is 4.78. The predicted octanol–water partition coefficient (Wildman–Crippen LogP) is 2.47. The molecule has 3 nitrogen and oxygen atoms in total. The summed E-state index contributed by atoms with van der Waals surface area (Å²) in [5.41, 5.74) is 3.37. The van der Waals surface area contributed by atoms with Crippen molar-refractivity contribution in [3.05, 3.63) is 46.9 Å². The van der Waals surface area contributed by atoms with Gasteiger partial charge in [0.25, 0.3) is 0 Å². The maximum Gasteiger partial charge on any atom is 0.326 e. The number of para-hydroxylation sites is 1. The molecule has 2 heterocycles. The van der Waals surface area contributed by atoms with Crippen molar-refractivity contribution in [1.29, 1.82) is 0 Å². The Morgan fingerprint density at radius 2 is 2.41 bits per heavy atom. The van der Waals surface area contributed by atoms with Gasteiger partial charge in [-0.05, 0) is 36.8 Å². The van der Waals surface area contributed by atoms with Gasteiger partial charge in [-0.3, -0.25) is 4.57 Å². The second kappa shape index (κ2) is 3.91. The molecule has 2 aromatic rings. The van der Waals surface area contributed by atoms with Crippen molar-refractivity contribution in [1.82, 2.24) is 9.55 Å². The average Bonchev–Trinajstić information content (AvgIpc) is 2.52. The van der Waals surface area contributed by atoms with Crippen LogP contribution in [0.4, 0.5) is 0 Å². The van der Waals surface area contributed by atoms with Crippen LogP contribution in [0.5, 0.6) is 0 Å². The van der Waals surface area contributed by atoms with Gasteiger partial charge in [0.15, 0.2) is 0 Å². The number of hydrogen-bond donors (Lipinski definition) is 1. The standard InChI is InChI=1S/C14H16N2O/c1-2-4-10-7-8-16-13-11(9-10)5-3-6-12(13)15-14(16)17/h2-3,5-6,10H,1,4,7-9H2,(H,15,17). The van der Waals surface area contributed by atoms with Crippen LogP contribution in [0.1, 0.15) is 18.4 Å². The van der Waals surface area contributed by atoms with Crippen molar-refractivity contribution in [3.8, 4) is 0 Å². The summed E-state index contributed by atoms with van der Waals surface area (Å²) in [4.78, 5) is 14.8. The van der Waals surface area contributed by atoms with Crippen LogP contribution in [0, 0.1) is 5.92 Å². The Labute approximate surface area is 99.8 Å². The van der Waals surface area contributed by atoms with Gasteiger partial charge in [0.2, 0.25) is 0 Å². The normalized spacial score (nSPS) is 19.2. The molecule has 1 aliphatic heterocycles. The highest BCUT2D eigenvalue weighted by molar-refractivity contribution is 5.79. The summed E-state index contributed by atoms with van der Waals surface area (Å²) in [6.45, 7) is 4.63. The van der Waals surface area contributed by atoms with Gasteiger partial charge in [-0.25, -0.2) is 4.79 Å². The van der Waals surface area contributed by atoms with Gasteiger partial charge in [0, 0.05) is 6.54 Å². The highest BCUT2D eigenvalue weighted by atomic mass is 16.1. The molecule has 0 saturated carbocycles. The van der Waals surface area contributed by atoms with Crippen molar-refractivity contribution in [2.45, 2.75) is 25.8 Å². The van der Waals surface area contributed by atoms with Crippen LogP contribution in [0.15, 0.2) is 35.6 Å². The molecule has 0 fully saturated rings. The predicted molar refractivity (Wildman–Crippen MR) is 69.2 cm³/mol. The second-order valence-electron chi connectivity index (χ2n) is 4.78. The first kappa shape index (κ1) is 10.4. The highest BCUT2D eigenvalue weighted by Crippen LogP contribution is 2.26. The zero-order chi connectivity index (χ0) is 11.8. The van der Waals surface area contributed by atoms with E-state index >= 15 is 0 Å². The number of rotatable bonds is 2. The van der Waals surface area contributed by atoms with E-state index in [4.69, 9.17) is 0 Å². The van der Waals surface area contributed by atoms with Crippen LogP contribution in [-0.4, -0.2) is 9.55 Å². The third kappa shape index (κ3) is 1.62. The number of allylic oxidation sites excluding steroid dienone is 1. The molecule has 88 valence electrons. The van der Waals surface area contributed by atoms with Gasteiger partial charge in [-0.2, -0.15) is 0 Å². The maximum atomic E-state index is 11.9. The van der Waals surface area contributed by atoms with E-state index in [9.17, 15) is 4.79 Å². The van der Waals surface area contributed by atoms with Gasteiger partial charge < -0.3 is 4.98 Å². The van der Waals surface area contributed by atoms with Crippen molar-refractivity contribution < 1.29 is 0 Å². The number of H-pyrrole nitrogens is 1. The SMILES string of the molecule is C=CCC1CCn2c(=O)[nH]c3cccc(c32)C1. The molecule has 3 heteroatoms. The fraction of sp³-hybridized carbons (Fsp3) is 0.357. The Morgan fingerprint density at radius 1 is 1.53 bits per heavy atom. The first-order valence-corrected chi connectivity index (χ1v) is 6.11. The lowest BCUT2D eigenvalue weighted by atomic mass is 9.94. The van der Waals surface area contributed by atoms with Crippen LogP contribution < -0.4 is 5.69 Å². The zero-order valence-electron chi connectivity index (χ0n) is 9.78. The molecule has 1 aromatic carbocycles. The Hall–Kier alpha value is -1.77. The molecule has 0 saturated heterocycles. The average molecular weight is 228 g/mol. The lowest BCUT2D eigenvalue weighted by Gasteiger charge is -2.11. The smallest absolute Gasteiger partial charge is 0.306 e. The number of aryl methyl sites for hydroxylation is 1. The monoisotopic (exact) mass is 228 g/mol. The summed E-state index contributed by atoms with van der Waals surface area (Å²) < 4.78 is 1.88. The Balaban J connectivity index is 2.17. The van der Waals surface area contributed by atoms with Crippen LogP contribution in [0.25, 0.3) is 11.0 Å². The molecule has 0 aliphatic carbocycles. The topological polar surface area (TPSA) is 37.8 Å². The van der Waals surface area contributed by atoms with Crippen LogP contribution >= 0.6 is 0 Å². The molecule has 0 bridgehead atoms.